The molecule has 6 nitrogen and oxygen atoms in total. The number of fused-ring (bicyclic) bond motifs is 1. The van der Waals surface area contributed by atoms with Crippen molar-refractivity contribution >= 4 is 32.4 Å². The van der Waals surface area contributed by atoms with Crippen LogP contribution in [0.5, 0.6) is 5.75 Å². The molecule has 0 spiro atoms. The maximum atomic E-state index is 12.3. The molecule has 32 heavy (non-hydrogen) atoms. The van der Waals surface area contributed by atoms with Crippen molar-refractivity contribution in [1.29, 1.82) is 0 Å². The van der Waals surface area contributed by atoms with Gasteiger partial charge in [0.25, 0.3) is 0 Å². The Balaban J connectivity index is 1.47. The first kappa shape index (κ1) is 23.6. The van der Waals surface area contributed by atoms with Gasteiger partial charge in [0.05, 0.1) is 18.5 Å². The third-order valence-electron chi connectivity index (χ3n) is 5.44. The van der Waals surface area contributed by atoms with E-state index in [9.17, 15) is 13.2 Å². The van der Waals surface area contributed by atoms with Gasteiger partial charge in [0.1, 0.15) is 12.4 Å². The van der Waals surface area contributed by atoms with Crippen LogP contribution in [0.15, 0.2) is 60.7 Å². The van der Waals surface area contributed by atoms with Crippen molar-refractivity contribution in [3.63, 3.8) is 0 Å². The Kier molecular flexibility index (Phi) is 7.75. The van der Waals surface area contributed by atoms with Crippen LogP contribution in [0, 0.1) is 13.8 Å². The highest BCUT2D eigenvalue weighted by Gasteiger charge is 2.19. The van der Waals surface area contributed by atoms with Crippen molar-refractivity contribution in [2.45, 2.75) is 26.7 Å². The lowest BCUT2D eigenvalue weighted by molar-refractivity contribution is -0.121. The van der Waals surface area contributed by atoms with Crippen LogP contribution >= 0.6 is 0 Å². The Hall–Kier alpha value is -3.06. The maximum absolute atomic E-state index is 12.3. The second-order valence-electron chi connectivity index (χ2n) is 7.83. The van der Waals surface area contributed by atoms with Gasteiger partial charge in [0.15, 0.2) is 0 Å². The molecule has 7 heteroatoms. The lowest BCUT2D eigenvalue weighted by atomic mass is 10.1. The van der Waals surface area contributed by atoms with E-state index < -0.39 is 10.0 Å². The summed E-state index contributed by atoms with van der Waals surface area (Å²) in [7, 11) is -3.44. The molecule has 0 aliphatic rings. The standard InChI is InChI=1S/C25H30N2O4S/c1-19-9-6-13-23(20(19)2)27(32(3,29)30)17-8-15-25(28)26-16-18-31-24-14-7-11-21-10-4-5-12-22(21)24/h4-7,9-14H,8,15-18H2,1-3H3,(H,26,28). The molecule has 1 N–H and O–H groups in total. The Morgan fingerprint density at radius 3 is 2.50 bits per heavy atom. The van der Waals surface area contributed by atoms with Crippen LogP contribution in [0.25, 0.3) is 10.8 Å². The lowest BCUT2D eigenvalue weighted by Crippen LogP contribution is -2.33. The van der Waals surface area contributed by atoms with Gasteiger partial charge in [-0.25, -0.2) is 8.42 Å². The molecule has 3 rings (SSSR count). The average Bonchev–Trinajstić information content (AvgIpc) is 2.76. The normalized spacial score (nSPS) is 11.3. The highest BCUT2D eigenvalue weighted by atomic mass is 32.2. The van der Waals surface area contributed by atoms with Crippen LogP contribution in [-0.4, -0.2) is 40.3 Å². The van der Waals surface area contributed by atoms with Gasteiger partial charge in [0.2, 0.25) is 15.9 Å². The van der Waals surface area contributed by atoms with Gasteiger partial charge >= 0.3 is 0 Å². The van der Waals surface area contributed by atoms with Crippen molar-refractivity contribution in [1.82, 2.24) is 5.32 Å². The van der Waals surface area contributed by atoms with Gasteiger partial charge in [0, 0.05) is 18.4 Å². The van der Waals surface area contributed by atoms with E-state index >= 15 is 0 Å². The minimum absolute atomic E-state index is 0.124. The van der Waals surface area contributed by atoms with Crippen molar-refractivity contribution in [3.05, 3.63) is 71.8 Å². The lowest BCUT2D eigenvalue weighted by Gasteiger charge is -2.24. The molecule has 1 amide bonds. The maximum Gasteiger partial charge on any atom is 0.232 e. The monoisotopic (exact) mass is 454 g/mol. The third kappa shape index (κ3) is 6.01. The van der Waals surface area contributed by atoms with Crippen LogP contribution < -0.4 is 14.4 Å². The number of nitrogens with one attached hydrogen (secondary N) is 1. The summed E-state index contributed by atoms with van der Waals surface area (Å²) in [5.74, 6) is 0.663. The van der Waals surface area contributed by atoms with Crippen molar-refractivity contribution in [2.24, 2.45) is 0 Å². The summed E-state index contributed by atoms with van der Waals surface area (Å²) >= 11 is 0. The van der Waals surface area contributed by atoms with Gasteiger partial charge in [-0.2, -0.15) is 0 Å². The molecular formula is C25H30N2O4S. The summed E-state index contributed by atoms with van der Waals surface area (Å²) < 4.78 is 31.9. The van der Waals surface area contributed by atoms with Crippen LogP contribution in [0.3, 0.4) is 0 Å². The molecule has 0 aliphatic heterocycles. The fourth-order valence-electron chi connectivity index (χ4n) is 3.62. The number of rotatable bonds is 10. The zero-order valence-electron chi connectivity index (χ0n) is 18.8. The molecule has 0 radical (unpaired) electrons. The molecule has 3 aromatic carbocycles. The van der Waals surface area contributed by atoms with Crippen LogP contribution in [0.2, 0.25) is 0 Å². The van der Waals surface area contributed by atoms with Crippen LogP contribution in [0.4, 0.5) is 5.69 Å². The predicted molar refractivity (Wildman–Crippen MR) is 130 cm³/mol. The first-order valence-corrected chi connectivity index (χ1v) is 12.5. The van der Waals surface area contributed by atoms with Crippen molar-refractivity contribution in [3.8, 4) is 5.75 Å². The zero-order valence-corrected chi connectivity index (χ0v) is 19.6. The summed E-state index contributed by atoms with van der Waals surface area (Å²) in [6.07, 6.45) is 1.86. The average molecular weight is 455 g/mol. The number of amides is 1. The van der Waals surface area contributed by atoms with Crippen LogP contribution in [0.1, 0.15) is 24.0 Å². The first-order valence-electron chi connectivity index (χ1n) is 10.7. The summed E-state index contributed by atoms with van der Waals surface area (Å²) in [5.41, 5.74) is 2.62. The Labute approximate surface area is 190 Å². The van der Waals surface area contributed by atoms with Gasteiger partial charge in [-0.05, 0) is 48.9 Å². The topological polar surface area (TPSA) is 75.7 Å². The minimum Gasteiger partial charge on any atom is -0.491 e. The van der Waals surface area contributed by atoms with E-state index in [1.165, 1.54) is 10.6 Å². The molecule has 0 heterocycles. The predicted octanol–water partition coefficient (Wildman–Crippen LogP) is 4.20. The SMILES string of the molecule is Cc1cccc(N(CCCC(=O)NCCOc2cccc3ccccc23)S(C)(=O)=O)c1C. The number of ether oxygens (including phenoxy) is 1. The number of benzene rings is 3. The summed E-state index contributed by atoms with van der Waals surface area (Å²) in [5, 5.41) is 4.98. The molecule has 3 aromatic rings. The van der Waals surface area contributed by atoms with Gasteiger partial charge in [-0.1, -0.05) is 48.5 Å². The Morgan fingerprint density at radius 1 is 1.00 bits per heavy atom. The molecule has 0 saturated carbocycles. The van der Waals surface area contributed by atoms with Crippen molar-refractivity contribution in [2.75, 3.05) is 30.3 Å². The van der Waals surface area contributed by atoms with E-state index in [4.69, 9.17) is 4.74 Å². The number of hydrogen-bond acceptors (Lipinski definition) is 4. The minimum atomic E-state index is -3.44. The second kappa shape index (κ2) is 10.5. The Morgan fingerprint density at radius 2 is 1.72 bits per heavy atom. The summed E-state index contributed by atoms with van der Waals surface area (Å²) in [6.45, 7) is 4.86. The van der Waals surface area contributed by atoms with E-state index in [0.717, 1.165) is 27.6 Å². The molecule has 170 valence electrons. The number of aryl methyl sites for hydroxylation is 1. The molecule has 0 atom stereocenters. The molecule has 0 fully saturated rings. The largest absolute Gasteiger partial charge is 0.491 e. The van der Waals surface area contributed by atoms with Gasteiger partial charge in [-0.3, -0.25) is 9.10 Å². The van der Waals surface area contributed by atoms with E-state index in [1.807, 2.05) is 68.4 Å². The molecule has 0 saturated heterocycles. The number of carbonyl (C=O) groups is 1. The van der Waals surface area contributed by atoms with Crippen LogP contribution in [-0.2, 0) is 14.8 Å². The smallest absolute Gasteiger partial charge is 0.232 e. The molecule has 0 unspecified atom stereocenters. The van der Waals surface area contributed by atoms with E-state index in [1.54, 1.807) is 6.07 Å². The fourth-order valence-corrected chi connectivity index (χ4v) is 4.63. The molecule has 0 aromatic heterocycles. The van der Waals surface area contributed by atoms with Crippen molar-refractivity contribution < 1.29 is 17.9 Å². The number of nitrogens with zero attached hydrogens (tertiary/aromatic N) is 1. The number of sulfonamides is 1. The van der Waals surface area contributed by atoms with Gasteiger partial charge < -0.3 is 10.1 Å². The summed E-state index contributed by atoms with van der Waals surface area (Å²) in [6, 6.07) is 19.5. The van der Waals surface area contributed by atoms with E-state index in [0.29, 0.717) is 25.3 Å². The number of hydrogen-bond donors (Lipinski definition) is 1. The molecular weight excluding hydrogens is 424 g/mol. The highest BCUT2D eigenvalue weighted by molar-refractivity contribution is 7.92. The molecule has 0 bridgehead atoms. The third-order valence-corrected chi connectivity index (χ3v) is 6.62. The molecule has 0 aliphatic carbocycles. The fraction of sp³-hybridized carbons (Fsp3) is 0.320. The Bertz CT molecular complexity index is 1190. The quantitative estimate of drug-likeness (QED) is 0.466. The number of anilines is 1. The number of carbonyl (C=O) groups excluding carboxylic acids is 1. The summed E-state index contributed by atoms with van der Waals surface area (Å²) in [4.78, 5) is 12.2. The van der Waals surface area contributed by atoms with E-state index in [2.05, 4.69) is 5.32 Å². The van der Waals surface area contributed by atoms with Gasteiger partial charge in [-0.15, -0.1) is 0 Å². The van der Waals surface area contributed by atoms with E-state index in [-0.39, 0.29) is 18.9 Å². The first-order chi connectivity index (χ1) is 15.3. The zero-order chi connectivity index (χ0) is 23.1. The second-order valence-corrected chi connectivity index (χ2v) is 9.74. The highest BCUT2D eigenvalue weighted by Crippen LogP contribution is 2.26.